The maximum Gasteiger partial charge on any atom is 0.407 e. The van der Waals surface area contributed by atoms with Crippen LogP contribution in [0.15, 0.2) is 36.7 Å². The molecule has 8 nitrogen and oxygen atoms in total. The number of likely N-dealkylation sites (tertiary alicyclic amines) is 1. The number of nitrogens with one attached hydrogen (secondary N) is 2. The third kappa shape index (κ3) is 5.84. The lowest BCUT2D eigenvalue weighted by atomic mass is 9.97. The van der Waals surface area contributed by atoms with Crippen molar-refractivity contribution >= 4 is 34.4 Å². The van der Waals surface area contributed by atoms with E-state index in [1.54, 1.807) is 11.1 Å². The number of hydrogen-bond acceptors (Lipinski definition) is 5. The first-order chi connectivity index (χ1) is 18.1. The van der Waals surface area contributed by atoms with Gasteiger partial charge in [-0.25, -0.2) is 4.79 Å². The summed E-state index contributed by atoms with van der Waals surface area (Å²) in [5, 5.41) is 24.2. The van der Waals surface area contributed by atoms with E-state index in [0.29, 0.717) is 5.56 Å². The first-order valence-corrected chi connectivity index (χ1v) is 13.2. The van der Waals surface area contributed by atoms with Gasteiger partial charge in [0.2, 0.25) is 0 Å². The third-order valence-corrected chi connectivity index (χ3v) is 7.45. The van der Waals surface area contributed by atoms with Crippen LogP contribution >= 0.6 is 0 Å². The van der Waals surface area contributed by atoms with E-state index in [1.165, 1.54) is 0 Å². The number of aromatic nitrogens is 2. The number of aromatic amines is 1. The van der Waals surface area contributed by atoms with E-state index in [2.05, 4.69) is 51.4 Å². The van der Waals surface area contributed by atoms with Crippen molar-refractivity contribution in [2.45, 2.75) is 65.5 Å². The van der Waals surface area contributed by atoms with Crippen LogP contribution in [0, 0.1) is 25.2 Å². The highest BCUT2D eigenvalue weighted by atomic mass is 16.4. The molecule has 0 aliphatic carbocycles. The number of carbonyl (C=O) groups is 1. The fourth-order valence-corrected chi connectivity index (χ4v) is 5.45. The van der Waals surface area contributed by atoms with Crippen molar-refractivity contribution in [3.05, 3.63) is 59.1 Å². The van der Waals surface area contributed by atoms with Gasteiger partial charge in [0, 0.05) is 71.5 Å². The van der Waals surface area contributed by atoms with Gasteiger partial charge >= 0.3 is 6.09 Å². The maximum atomic E-state index is 11.8. The number of nitrogens with zero attached hydrogens (tertiary/aromatic N) is 4. The summed E-state index contributed by atoms with van der Waals surface area (Å²) in [7, 11) is 0. The van der Waals surface area contributed by atoms with Gasteiger partial charge in [-0.2, -0.15) is 5.26 Å². The quantitative estimate of drug-likeness (QED) is 0.335. The number of aryl methyl sites for hydroxylation is 2. The van der Waals surface area contributed by atoms with Crippen LogP contribution in [0.5, 0.6) is 0 Å². The molecule has 0 unspecified atom stereocenters. The molecule has 1 amide bonds. The van der Waals surface area contributed by atoms with E-state index in [1.807, 2.05) is 46.0 Å². The van der Waals surface area contributed by atoms with Crippen LogP contribution in [0.1, 0.15) is 62.4 Å². The SMILES string of the molecule is Cc1ncc(C#N)c(Nc2ccc3[nH]ccc3c2C)c1/C=C/CCN1CCC(N(C(=O)O)C(C)(C)C)CC1. The van der Waals surface area contributed by atoms with E-state index in [4.69, 9.17) is 0 Å². The molecule has 0 radical (unpaired) electrons. The molecule has 200 valence electrons. The summed E-state index contributed by atoms with van der Waals surface area (Å²) in [5.41, 5.74) is 5.81. The molecule has 3 heterocycles. The standard InChI is InChI=1S/C30H38N6O2/c1-20-24-11-14-32-27(24)10-9-26(20)34-28-22(18-31)19-33-21(2)25(28)8-6-7-15-35-16-12-23(13-17-35)36(29(37)38)30(3,4)5/h6,8-11,14,19,23,32H,7,12-13,15-17H2,1-5H3,(H,33,34)(H,37,38)/b8-6+. The zero-order valence-corrected chi connectivity index (χ0v) is 23.0. The van der Waals surface area contributed by atoms with E-state index in [9.17, 15) is 15.2 Å². The van der Waals surface area contributed by atoms with Crippen molar-refractivity contribution < 1.29 is 9.90 Å². The lowest BCUT2D eigenvalue weighted by molar-refractivity contribution is 0.0425. The lowest BCUT2D eigenvalue weighted by Crippen LogP contribution is -2.54. The average Bonchev–Trinajstić information content (AvgIpc) is 3.34. The largest absolute Gasteiger partial charge is 0.465 e. The second-order valence-electron chi connectivity index (χ2n) is 11.0. The summed E-state index contributed by atoms with van der Waals surface area (Å²) < 4.78 is 0. The molecule has 38 heavy (non-hydrogen) atoms. The second-order valence-corrected chi connectivity index (χ2v) is 11.0. The molecular weight excluding hydrogens is 476 g/mol. The zero-order chi connectivity index (χ0) is 27.4. The number of amides is 1. The van der Waals surface area contributed by atoms with Crippen LogP contribution < -0.4 is 5.32 Å². The molecule has 3 aromatic rings. The summed E-state index contributed by atoms with van der Waals surface area (Å²) in [6, 6.07) is 8.49. The topological polar surface area (TPSA) is 108 Å². The number of piperidine rings is 1. The van der Waals surface area contributed by atoms with Crippen molar-refractivity contribution in [2.24, 2.45) is 0 Å². The number of H-pyrrole nitrogens is 1. The third-order valence-electron chi connectivity index (χ3n) is 7.45. The molecule has 1 aromatic carbocycles. The van der Waals surface area contributed by atoms with Crippen molar-refractivity contribution in [3.63, 3.8) is 0 Å². The highest BCUT2D eigenvalue weighted by Crippen LogP contribution is 2.32. The van der Waals surface area contributed by atoms with Gasteiger partial charge in [0.05, 0.1) is 11.3 Å². The molecule has 1 fully saturated rings. The normalized spacial score (nSPS) is 15.2. The smallest absolute Gasteiger partial charge is 0.407 e. The van der Waals surface area contributed by atoms with Gasteiger partial charge in [0.15, 0.2) is 0 Å². The predicted octanol–water partition coefficient (Wildman–Crippen LogP) is 6.44. The Bertz CT molecular complexity index is 1370. The van der Waals surface area contributed by atoms with Gasteiger partial charge in [-0.3, -0.25) is 4.98 Å². The van der Waals surface area contributed by atoms with Crippen molar-refractivity contribution in [2.75, 3.05) is 25.0 Å². The number of fused-ring (bicyclic) bond motifs is 1. The molecule has 0 bridgehead atoms. The molecule has 0 saturated carbocycles. The number of hydrogen-bond donors (Lipinski definition) is 3. The minimum absolute atomic E-state index is 0.0596. The second kappa shape index (κ2) is 11.3. The van der Waals surface area contributed by atoms with Crippen LogP contribution in [-0.4, -0.2) is 62.2 Å². The summed E-state index contributed by atoms with van der Waals surface area (Å²) in [6.07, 6.45) is 9.48. The van der Waals surface area contributed by atoms with E-state index < -0.39 is 11.6 Å². The Morgan fingerprint density at radius 1 is 1.29 bits per heavy atom. The molecule has 4 rings (SSSR count). The highest BCUT2D eigenvalue weighted by molar-refractivity contribution is 5.90. The van der Waals surface area contributed by atoms with E-state index in [0.717, 1.165) is 78.0 Å². The first kappa shape index (κ1) is 27.2. The Kier molecular flexibility index (Phi) is 8.08. The predicted molar refractivity (Wildman–Crippen MR) is 153 cm³/mol. The molecular formula is C30H38N6O2. The molecule has 1 saturated heterocycles. The number of pyridine rings is 1. The minimum atomic E-state index is -0.838. The van der Waals surface area contributed by atoms with Crippen LogP contribution in [0.2, 0.25) is 0 Å². The molecule has 0 atom stereocenters. The summed E-state index contributed by atoms with van der Waals surface area (Å²) >= 11 is 0. The van der Waals surface area contributed by atoms with Crippen LogP contribution in [0.25, 0.3) is 17.0 Å². The molecule has 0 spiro atoms. The monoisotopic (exact) mass is 514 g/mol. The number of carboxylic acid groups (broad SMARTS) is 1. The number of nitriles is 1. The van der Waals surface area contributed by atoms with Crippen LogP contribution in [0.3, 0.4) is 0 Å². The Morgan fingerprint density at radius 3 is 2.68 bits per heavy atom. The maximum absolute atomic E-state index is 11.8. The van der Waals surface area contributed by atoms with Crippen LogP contribution in [-0.2, 0) is 0 Å². The molecule has 8 heteroatoms. The van der Waals surface area contributed by atoms with Crippen molar-refractivity contribution in [1.29, 1.82) is 5.26 Å². The fraction of sp³-hybridized carbons (Fsp3) is 0.433. The van der Waals surface area contributed by atoms with Gasteiger partial charge in [-0.1, -0.05) is 12.2 Å². The van der Waals surface area contributed by atoms with Gasteiger partial charge in [-0.15, -0.1) is 0 Å². The number of rotatable bonds is 7. The fourth-order valence-electron chi connectivity index (χ4n) is 5.45. The lowest BCUT2D eigenvalue weighted by Gasteiger charge is -2.43. The van der Waals surface area contributed by atoms with Crippen molar-refractivity contribution in [1.82, 2.24) is 19.8 Å². The Hall–Kier alpha value is -3.83. The van der Waals surface area contributed by atoms with Gasteiger partial charge in [0.1, 0.15) is 6.07 Å². The number of anilines is 2. The molecule has 1 aliphatic rings. The zero-order valence-electron chi connectivity index (χ0n) is 23.0. The summed E-state index contributed by atoms with van der Waals surface area (Å²) in [5.74, 6) is 0. The van der Waals surface area contributed by atoms with Crippen LogP contribution in [0.4, 0.5) is 16.2 Å². The first-order valence-electron chi connectivity index (χ1n) is 13.2. The van der Waals surface area contributed by atoms with Gasteiger partial charge in [0.25, 0.3) is 0 Å². The molecule has 3 N–H and O–H groups in total. The summed E-state index contributed by atoms with van der Waals surface area (Å²) in [4.78, 5) is 23.5. The van der Waals surface area contributed by atoms with Gasteiger partial charge in [-0.05, 0) is 77.6 Å². The minimum Gasteiger partial charge on any atom is -0.465 e. The van der Waals surface area contributed by atoms with E-state index in [-0.39, 0.29) is 6.04 Å². The Morgan fingerprint density at radius 2 is 2.03 bits per heavy atom. The van der Waals surface area contributed by atoms with Crippen molar-refractivity contribution in [3.8, 4) is 6.07 Å². The molecule has 1 aliphatic heterocycles. The average molecular weight is 515 g/mol. The Balaban J connectivity index is 1.43. The van der Waals surface area contributed by atoms with Gasteiger partial charge < -0.3 is 25.2 Å². The Labute approximate surface area is 225 Å². The highest BCUT2D eigenvalue weighted by Gasteiger charge is 2.34. The van der Waals surface area contributed by atoms with E-state index >= 15 is 0 Å². The molecule has 2 aromatic heterocycles. The number of benzene rings is 1. The summed E-state index contributed by atoms with van der Waals surface area (Å²) in [6.45, 7) is 12.6.